The van der Waals surface area contributed by atoms with E-state index in [-0.39, 0.29) is 17.7 Å². The number of hydrogen-bond donors (Lipinski definition) is 2. The molecule has 0 fully saturated rings. The number of aryl methyl sites for hydroxylation is 1. The Morgan fingerprint density at radius 1 is 0.844 bits per heavy atom. The Labute approximate surface area is 193 Å². The van der Waals surface area contributed by atoms with Crippen molar-refractivity contribution in [3.8, 4) is 0 Å². The maximum Gasteiger partial charge on any atom is 0.258 e. The van der Waals surface area contributed by atoms with Crippen LogP contribution in [0.4, 0.5) is 0 Å². The van der Waals surface area contributed by atoms with Crippen molar-refractivity contribution in [2.75, 3.05) is 13.2 Å². The van der Waals surface area contributed by atoms with Gasteiger partial charge < -0.3 is 14.6 Å². The molecule has 0 aliphatic carbocycles. The Balaban J connectivity index is 1.73. The normalized spacial score (nSPS) is 13.2. The van der Waals surface area contributed by atoms with Crippen molar-refractivity contribution >= 4 is 18.7 Å². The molecule has 0 saturated heterocycles. The molecule has 3 rings (SSSR count). The molecule has 1 unspecified atom stereocenters. The van der Waals surface area contributed by atoms with Crippen molar-refractivity contribution in [3.05, 3.63) is 96.1 Å². The molecule has 0 aliphatic heterocycles. The van der Waals surface area contributed by atoms with Gasteiger partial charge in [0, 0.05) is 6.61 Å². The third-order valence-corrected chi connectivity index (χ3v) is 11.1. The molecule has 0 saturated carbocycles. The summed E-state index contributed by atoms with van der Waals surface area (Å²) in [6.45, 7) is 6.98. The number of hydrogen-bond acceptors (Lipinski definition) is 3. The Morgan fingerprint density at radius 3 is 1.91 bits per heavy atom. The number of ether oxygens (including phenoxy) is 1. The van der Waals surface area contributed by atoms with Crippen molar-refractivity contribution in [2.24, 2.45) is 0 Å². The van der Waals surface area contributed by atoms with E-state index in [1.807, 2.05) is 54.6 Å². The van der Waals surface area contributed by atoms with E-state index >= 15 is 0 Å². The van der Waals surface area contributed by atoms with E-state index in [4.69, 9.17) is 4.74 Å². The van der Waals surface area contributed by atoms with E-state index in [1.165, 1.54) is 5.56 Å². The fourth-order valence-electron chi connectivity index (χ4n) is 4.64. The van der Waals surface area contributed by atoms with Crippen molar-refractivity contribution in [2.45, 2.75) is 51.2 Å². The monoisotopic (exact) mass is 448 g/mol. The first kappa shape index (κ1) is 24.4. The lowest BCUT2D eigenvalue weighted by Crippen LogP contribution is -2.65. The van der Waals surface area contributed by atoms with E-state index < -0.39 is 8.32 Å². The lowest BCUT2D eigenvalue weighted by atomic mass is 10.0. The Kier molecular flexibility index (Phi) is 8.43. The summed E-state index contributed by atoms with van der Waals surface area (Å²) in [5.74, 6) is 0. The van der Waals surface area contributed by atoms with Crippen LogP contribution in [0.25, 0.3) is 0 Å². The van der Waals surface area contributed by atoms with Crippen molar-refractivity contribution < 1.29 is 14.6 Å². The maximum absolute atomic E-state index is 12.2. The molecule has 0 aliphatic rings. The second-order valence-corrected chi connectivity index (χ2v) is 13.0. The Bertz CT molecular complexity index is 917. The van der Waals surface area contributed by atoms with Gasteiger partial charge in [-0.1, -0.05) is 106 Å². The van der Waals surface area contributed by atoms with Crippen LogP contribution in [0.1, 0.15) is 50.8 Å². The van der Waals surface area contributed by atoms with Crippen LogP contribution in [-0.2, 0) is 11.2 Å². The molecule has 0 aromatic heterocycles. The highest BCUT2D eigenvalue weighted by atomic mass is 28.4. The van der Waals surface area contributed by atoms with Crippen LogP contribution in [0.3, 0.4) is 0 Å². The SMILES string of the molecule is CCc1ccccc1C(CO)OCCCC(C)(C)[Si](O)(c1ccccc1)c1ccccc1. The van der Waals surface area contributed by atoms with Crippen LogP contribution in [-0.4, -0.2) is 31.4 Å². The molecule has 3 nitrogen and oxygen atoms in total. The molecule has 3 aromatic rings. The standard InChI is InChI=1S/C28H36O3Si/c1-4-23-14-11-12-19-26(23)27(22-29)31-21-13-20-28(2,3)32(30,24-15-7-5-8-16-24)25-17-9-6-10-18-25/h5-12,14-19,27,29-30H,4,13,20-22H2,1-3H3. The number of aliphatic hydroxyl groups is 1. The fraction of sp³-hybridized carbons (Fsp3) is 0.357. The number of aliphatic hydroxyl groups excluding tert-OH is 1. The van der Waals surface area contributed by atoms with Gasteiger partial charge in [-0.2, -0.15) is 0 Å². The largest absolute Gasteiger partial charge is 0.424 e. The third-order valence-electron chi connectivity index (χ3n) is 6.58. The van der Waals surface area contributed by atoms with Crippen LogP contribution in [0.15, 0.2) is 84.9 Å². The second kappa shape index (κ2) is 11.1. The topological polar surface area (TPSA) is 49.7 Å². The average Bonchev–Trinajstić information content (AvgIpc) is 2.84. The van der Waals surface area contributed by atoms with E-state index in [0.29, 0.717) is 6.61 Å². The van der Waals surface area contributed by atoms with Gasteiger partial charge in [0.15, 0.2) is 0 Å². The van der Waals surface area contributed by atoms with Gasteiger partial charge in [0.1, 0.15) is 6.10 Å². The quantitative estimate of drug-likeness (QED) is 0.333. The Morgan fingerprint density at radius 2 is 1.38 bits per heavy atom. The zero-order chi connectivity index (χ0) is 23.0. The van der Waals surface area contributed by atoms with Gasteiger partial charge in [0.25, 0.3) is 8.32 Å². The molecule has 0 spiro atoms. The smallest absolute Gasteiger partial charge is 0.258 e. The first-order valence-corrected chi connectivity index (χ1v) is 13.5. The van der Waals surface area contributed by atoms with Crippen LogP contribution >= 0.6 is 0 Å². The van der Waals surface area contributed by atoms with Gasteiger partial charge in [-0.05, 0) is 45.8 Å². The van der Waals surface area contributed by atoms with Crippen molar-refractivity contribution in [1.29, 1.82) is 0 Å². The van der Waals surface area contributed by atoms with Gasteiger partial charge in [-0.3, -0.25) is 0 Å². The van der Waals surface area contributed by atoms with E-state index in [2.05, 4.69) is 51.1 Å². The van der Waals surface area contributed by atoms with Gasteiger partial charge in [0.05, 0.1) is 6.61 Å². The minimum Gasteiger partial charge on any atom is -0.424 e. The van der Waals surface area contributed by atoms with E-state index in [1.54, 1.807) is 0 Å². The zero-order valence-electron chi connectivity index (χ0n) is 19.5. The lowest BCUT2D eigenvalue weighted by Gasteiger charge is -2.41. The molecule has 2 N–H and O–H groups in total. The summed E-state index contributed by atoms with van der Waals surface area (Å²) < 4.78 is 6.12. The highest BCUT2D eigenvalue weighted by molar-refractivity contribution is 6.98. The molecular formula is C28H36O3Si. The van der Waals surface area contributed by atoms with Gasteiger partial charge in [-0.25, -0.2) is 0 Å². The average molecular weight is 449 g/mol. The summed E-state index contributed by atoms with van der Waals surface area (Å²) in [4.78, 5) is 12.2. The maximum atomic E-state index is 12.2. The summed E-state index contributed by atoms with van der Waals surface area (Å²) in [5, 5.41) is 11.7. The van der Waals surface area contributed by atoms with Crippen molar-refractivity contribution in [3.63, 3.8) is 0 Å². The summed E-state index contributed by atoms with van der Waals surface area (Å²) in [6, 6.07) is 28.4. The highest BCUT2D eigenvalue weighted by Crippen LogP contribution is 2.40. The predicted octanol–water partition coefficient (Wildman–Crippen LogP) is 4.61. The summed E-state index contributed by atoms with van der Waals surface area (Å²) >= 11 is 0. The second-order valence-electron chi connectivity index (χ2n) is 9.02. The first-order chi connectivity index (χ1) is 15.4. The van der Waals surface area contributed by atoms with Crippen LogP contribution < -0.4 is 10.4 Å². The van der Waals surface area contributed by atoms with Crippen LogP contribution in [0.2, 0.25) is 5.04 Å². The first-order valence-electron chi connectivity index (χ1n) is 11.6. The van der Waals surface area contributed by atoms with Gasteiger partial charge in [-0.15, -0.1) is 0 Å². The number of benzene rings is 3. The van der Waals surface area contributed by atoms with Crippen LogP contribution in [0, 0.1) is 0 Å². The fourth-order valence-corrected chi connectivity index (χ4v) is 8.42. The predicted molar refractivity (Wildman–Crippen MR) is 135 cm³/mol. The third kappa shape index (κ3) is 5.21. The Hall–Kier alpha value is -2.24. The van der Waals surface area contributed by atoms with Gasteiger partial charge in [0.2, 0.25) is 0 Å². The van der Waals surface area contributed by atoms with Crippen molar-refractivity contribution in [1.82, 2.24) is 0 Å². The highest BCUT2D eigenvalue weighted by Gasteiger charge is 2.49. The molecule has 3 aromatic carbocycles. The molecule has 32 heavy (non-hydrogen) atoms. The van der Waals surface area contributed by atoms with E-state index in [9.17, 15) is 9.90 Å². The molecule has 0 bridgehead atoms. The lowest BCUT2D eigenvalue weighted by molar-refractivity contribution is 0.00867. The molecule has 0 heterocycles. The van der Waals surface area contributed by atoms with E-state index in [0.717, 1.165) is 35.2 Å². The molecule has 1 atom stereocenters. The van der Waals surface area contributed by atoms with Gasteiger partial charge >= 0.3 is 0 Å². The summed E-state index contributed by atoms with van der Waals surface area (Å²) in [6.07, 6.45) is 2.24. The minimum absolute atomic E-state index is 0.0346. The summed E-state index contributed by atoms with van der Waals surface area (Å²) in [7, 11) is -3.00. The summed E-state index contributed by atoms with van der Waals surface area (Å²) in [5.41, 5.74) is 2.28. The zero-order valence-corrected chi connectivity index (χ0v) is 20.5. The molecular weight excluding hydrogens is 412 g/mol. The number of rotatable bonds is 11. The molecule has 170 valence electrons. The minimum atomic E-state index is -3.00. The molecule has 4 heteroatoms. The molecule has 0 amide bonds. The van der Waals surface area contributed by atoms with Crippen LogP contribution in [0.5, 0.6) is 0 Å². The molecule has 0 radical (unpaired) electrons.